The van der Waals surface area contributed by atoms with Gasteiger partial charge in [0.05, 0.1) is 5.56 Å². The molecule has 0 amide bonds. The molecule has 1 aliphatic heterocycles. The van der Waals surface area contributed by atoms with Crippen molar-refractivity contribution in [1.82, 2.24) is 4.90 Å². The molecule has 2 unspecified atom stereocenters. The first kappa shape index (κ1) is 20.4. The van der Waals surface area contributed by atoms with Crippen LogP contribution < -0.4 is 0 Å². The zero-order valence-corrected chi connectivity index (χ0v) is 16.9. The molecule has 1 fully saturated rings. The molecule has 1 saturated heterocycles. The van der Waals surface area contributed by atoms with E-state index in [0.29, 0.717) is 23.7 Å². The Hall–Kier alpha value is -2.89. The van der Waals surface area contributed by atoms with Crippen LogP contribution in [0, 0.1) is 0 Å². The molecule has 1 heterocycles. The predicted octanol–water partition coefficient (Wildman–Crippen LogP) is 3.88. The summed E-state index contributed by atoms with van der Waals surface area (Å²) in [6, 6.07) is 18.6. The van der Waals surface area contributed by atoms with Crippen LogP contribution in [0.15, 0.2) is 84.3 Å². The average molecular weight is 405 g/mol. The van der Waals surface area contributed by atoms with Crippen LogP contribution in [0.2, 0.25) is 0 Å². The van der Waals surface area contributed by atoms with Crippen LogP contribution in [0.5, 0.6) is 0 Å². The number of esters is 1. The lowest BCUT2D eigenvalue weighted by molar-refractivity contribution is 0.0588. The first-order valence-electron chi connectivity index (χ1n) is 10.5. The van der Waals surface area contributed by atoms with Crippen LogP contribution in [0.25, 0.3) is 0 Å². The summed E-state index contributed by atoms with van der Waals surface area (Å²) in [7, 11) is 0. The van der Waals surface area contributed by atoms with Crippen LogP contribution in [-0.4, -0.2) is 48.3 Å². The molecule has 2 aromatic carbocycles. The minimum absolute atomic E-state index is 0.350. The molecule has 0 aromatic heterocycles. The average Bonchev–Trinajstić information content (AvgIpc) is 3.30. The monoisotopic (exact) mass is 405 g/mol. The molecule has 1 N–H and O–H groups in total. The van der Waals surface area contributed by atoms with Gasteiger partial charge in [0, 0.05) is 18.5 Å². The molecule has 5 nitrogen and oxygen atoms in total. The van der Waals surface area contributed by atoms with Crippen molar-refractivity contribution in [3.05, 3.63) is 95.5 Å². The number of ether oxygens (including phenoxy) is 2. The lowest BCUT2D eigenvalue weighted by Crippen LogP contribution is -2.28. The van der Waals surface area contributed by atoms with Crippen molar-refractivity contribution < 1.29 is 19.4 Å². The van der Waals surface area contributed by atoms with Gasteiger partial charge in [-0.05, 0) is 49.7 Å². The normalized spacial score (nSPS) is 21.6. The van der Waals surface area contributed by atoms with E-state index in [2.05, 4.69) is 4.90 Å². The molecular formula is C25H27NO4. The minimum Gasteiger partial charge on any atom is -0.494 e. The summed E-state index contributed by atoms with van der Waals surface area (Å²) in [5.41, 5.74) is 1.41. The maximum Gasteiger partial charge on any atom is 0.343 e. The second kappa shape index (κ2) is 9.74. The maximum absolute atomic E-state index is 12.5. The van der Waals surface area contributed by atoms with Crippen LogP contribution in [-0.2, 0) is 9.47 Å². The number of aliphatic hydroxyl groups is 1. The van der Waals surface area contributed by atoms with Crippen molar-refractivity contribution >= 4 is 5.97 Å². The number of hydrogen-bond acceptors (Lipinski definition) is 5. The van der Waals surface area contributed by atoms with Gasteiger partial charge in [0.15, 0.2) is 0 Å². The van der Waals surface area contributed by atoms with Crippen molar-refractivity contribution in [1.29, 1.82) is 0 Å². The molecule has 156 valence electrons. The molecule has 1 aliphatic carbocycles. The highest BCUT2D eigenvalue weighted by Crippen LogP contribution is 2.33. The largest absolute Gasteiger partial charge is 0.494 e. The number of carbonyl (C=O) groups excluding carboxylic acids is 1. The van der Waals surface area contributed by atoms with Crippen molar-refractivity contribution in [3.8, 4) is 0 Å². The lowest BCUT2D eigenvalue weighted by Gasteiger charge is -2.28. The Labute approximate surface area is 177 Å². The third-order valence-corrected chi connectivity index (χ3v) is 5.54. The lowest BCUT2D eigenvalue weighted by atomic mass is 9.88. The number of likely N-dealkylation sites (tertiary alicyclic amines) is 1. The third-order valence-electron chi connectivity index (χ3n) is 5.54. The zero-order valence-electron chi connectivity index (χ0n) is 16.9. The smallest absolute Gasteiger partial charge is 0.343 e. The summed E-state index contributed by atoms with van der Waals surface area (Å²) in [5, 5.41) is 11.0. The van der Waals surface area contributed by atoms with Gasteiger partial charge in [-0.3, -0.25) is 4.90 Å². The Bertz CT molecular complexity index is 901. The summed E-state index contributed by atoms with van der Waals surface area (Å²) in [6.45, 7) is 3.50. The Balaban J connectivity index is 1.51. The van der Waals surface area contributed by atoms with Crippen molar-refractivity contribution in [2.24, 2.45) is 0 Å². The molecule has 4 rings (SSSR count). The summed E-state index contributed by atoms with van der Waals surface area (Å²) >= 11 is 0. The van der Waals surface area contributed by atoms with Crippen LogP contribution >= 0.6 is 0 Å². The highest BCUT2D eigenvalue weighted by Gasteiger charge is 2.30. The van der Waals surface area contributed by atoms with E-state index in [0.717, 1.165) is 25.2 Å². The summed E-state index contributed by atoms with van der Waals surface area (Å²) in [6.07, 6.45) is 5.04. The highest BCUT2D eigenvalue weighted by atomic mass is 16.5. The van der Waals surface area contributed by atoms with E-state index in [1.165, 1.54) is 12.8 Å². The Morgan fingerprint density at radius 1 is 1.00 bits per heavy atom. The maximum atomic E-state index is 12.5. The van der Waals surface area contributed by atoms with Crippen LogP contribution in [0.1, 0.15) is 34.7 Å². The van der Waals surface area contributed by atoms with Crippen molar-refractivity contribution in [2.75, 3.05) is 26.2 Å². The summed E-state index contributed by atoms with van der Waals surface area (Å²) < 4.78 is 11.6. The van der Waals surface area contributed by atoms with Crippen LogP contribution in [0.4, 0.5) is 0 Å². The first-order chi connectivity index (χ1) is 14.7. The van der Waals surface area contributed by atoms with Gasteiger partial charge in [0.25, 0.3) is 0 Å². The molecule has 0 saturated carbocycles. The number of nitrogens with zero attached hydrogens (tertiary/aromatic N) is 1. The van der Waals surface area contributed by atoms with E-state index in [-0.39, 0.29) is 5.92 Å². The first-order valence-corrected chi connectivity index (χ1v) is 10.5. The van der Waals surface area contributed by atoms with E-state index in [1.54, 1.807) is 36.4 Å². The number of hydrogen-bond donors (Lipinski definition) is 1. The number of aliphatic hydroxyl groups excluding tert-OH is 1. The molecule has 0 spiro atoms. The van der Waals surface area contributed by atoms with Gasteiger partial charge in [0.1, 0.15) is 24.2 Å². The third kappa shape index (κ3) is 4.99. The number of rotatable bonds is 7. The number of allylic oxidation sites excluding steroid dienone is 1. The standard InChI is InChI=1S/C25H27NO4/c27-24-22(19-9-3-1-4-10-19)17-21(30-25(28)20-11-5-2-6-12-20)18-23(24)29-16-15-26-13-7-8-14-26/h1-6,9-12,17-18,22,24,27H,7-8,13-16H2. The Morgan fingerprint density at radius 2 is 1.67 bits per heavy atom. The van der Waals surface area contributed by atoms with Gasteiger partial charge in [0.2, 0.25) is 0 Å². The molecule has 2 atom stereocenters. The van der Waals surface area contributed by atoms with Gasteiger partial charge < -0.3 is 14.6 Å². The molecule has 2 aliphatic rings. The van der Waals surface area contributed by atoms with Gasteiger partial charge in [-0.25, -0.2) is 4.79 Å². The molecular weight excluding hydrogens is 378 g/mol. The zero-order chi connectivity index (χ0) is 20.8. The molecule has 0 bridgehead atoms. The van der Waals surface area contributed by atoms with E-state index in [9.17, 15) is 9.90 Å². The highest BCUT2D eigenvalue weighted by molar-refractivity contribution is 5.90. The molecule has 5 heteroatoms. The quantitative estimate of drug-likeness (QED) is 0.709. The van der Waals surface area contributed by atoms with E-state index < -0.39 is 12.1 Å². The predicted molar refractivity (Wildman–Crippen MR) is 115 cm³/mol. The van der Waals surface area contributed by atoms with Gasteiger partial charge >= 0.3 is 5.97 Å². The topological polar surface area (TPSA) is 59.0 Å². The van der Waals surface area contributed by atoms with E-state index >= 15 is 0 Å². The fourth-order valence-electron chi connectivity index (χ4n) is 3.90. The van der Waals surface area contributed by atoms with Gasteiger partial charge in [-0.15, -0.1) is 0 Å². The van der Waals surface area contributed by atoms with Gasteiger partial charge in [-0.1, -0.05) is 48.5 Å². The molecule has 0 radical (unpaired) electrons. The van der Waals surface area contributed by atoms with E-state index in [4.69, 9.17) is 9.47 Å². The SMILES string of the molecule is O=C(OC1=CC(c2ccccc2)C(O)C(OCCN2CCCC2)=C1)c1ccccc1. The molecule has 2 aromatic rings. The number of carbonyl (C=O) groups is 1. The fraction of sp³-hybridized carbons (Fsp3) is 0.320. The van der Waals surface area contributed by atoms with Crippen LogP contribution in [0.3, 0.4) is 0 Å². The second-order valence-electron chi connectivity index (χ2n) is 7.65. The second-order valence-corrected chi connectivity index (χ2v) is 7.65. The number of benzene rings is 2. The summed E-state index contributed by atoms with van der Waals surface area (Å²) in [4.78, 5) is 14.9. The molecule has 30 heavy (non-hydrogen) atoms. The minimum atomic E-state index is -0.829. The Kier molecular flexibility index (Phi) is 6.62. The van der Waals surface area contributed by atoms with E-state index in [1.807, 2.05) is 36.4 Å². The summed E-state index contributed by atoms with van der Waals surface area (Å²) in [5.74, 6) is 0.0369. The van der Waals surface area contributed by atoms with Crippen molar-refractivity contribution in [2.45, 2.75) is 24.9 Å². The van der Waals surface area contributed by atoms with Gasteiger partial charge in [-0.2, -0.15) is 0 Å². The van der Waals surface area contributed by atoms with Crippen molar-refractivity contribution in [3.63, 3.8) is 0 Å². The fourth-order valence-corrected chi connectivity index (χ4v) is 3.90. The Morgan fingerprint density at radius 3 is 2.37 bits per heavy atom.